The van der Waals surface area contributed by atoms with Gasteiger partial charge in [0.1, 0.15) is 0 Å². The molecule has 0 spiro atoms. The Balaban J connectivity index is 2.41. The summed E-state index contributed by atoms with van der Waals surface area (Å²) in [5, 5.41) is 10.4. The summed E-state index contributed by atoms with van der Waals surface area (Å²) in [4.78, 5) is -1.15. The Morgan fingerprint density at radius 1 is 1.09 bits per heavy atom. The molecule has 0 unspecified atom stereocenters. The molecule has 2 N–H and O–H groups in total. The van der Waals surface area contributed by atoms with Crippen molar-refractivity contribution >= 4 is 26.5 Å². The van der Waals surface area contributed by atoms with Crippen LogP contribution in [-0.2, 0) is 26.8 Å². The molecule has 23 heavy (non-hydrogen) atoms. The Labute approximate surface area is 131 Å². The largest absolute Gasteiger partial charge is 0.623 e. The van der Waals surface area contributed by atoms with Gasteiger partial charge in [0, 0.05) is 11.6 Å². The molecule has 0 atom stereocenters. The number of benzene rings is 1. The van der Waals surface area contributed by atoms with E-state index in [1.165, 1.54) is 0 Å². The third-order valence-electron chi connectivity index (χ3n) is 2.65. The molecule has 0 aliphatic carbocycles. The van der Waals surface area contributed by atoms with Crippen LogP contribution in [-0.4, -0.2) is 36.9 Å². The van der Waals surface area contributed by atoms with Gasteiger partial charge in [-0.25, -0.2) is 4.74 Å². The lowest BCUT2D eigenvalue weighted by atomic mass is 10.2. The molecule has 1 heterocycles. The van der Waals surface area contributed by atoms with E-state index >= 15 is 0 Å². The maximum Gasteiger partial charge on any atom is 0.329 e. The fourth-order valence-corrected chi connectivity index (χ4v) is 3.41. The zero-order valence-electron chi connectivity index (χ0n) is 11.4. The van der Waals surface area contributed by atoms with Gasteiger partial charge in [-0.05, 0) is 0 Å². The summed E-state index contributed by atoms with van der Waals surface area (Å²) in [5.41, 5.74) is 0.648. The van der Waals surface area contributed by atoms with Gasteiger partial charge in [0.25, 0.3) is 15.2 Å². The Morgan fingerprint density at radius 3 is 2.17 bits per heavy atom. The average molecular weight is 361 g/mol. The molecular formula is C12H11NO8S2. The maximum absolute atomic E-state index is 11.8. The molecule has 1 aromatic heterocycles. The SMILES string of the molecule is O=S(=O)(O)c1cc(C=[N+]([O-])Cc2ccccc2)oc1S(=O)(=O)O. The number of rotatable bonds is 5. The second-order valence-corrected chi connectivity index (χ2v) is 7.15. The van der Waals surface area contributed by atoms with Crippen molar-refractivity contribution in [2.75, 3.05) is 0 Å². The average Bonchev–Trinajstić information content (AvgIpc) is 2.83. The van der Waals surface area contributed by atoms with Crippen molar-refractivity contribution in [3.8, 4) is 0 Å². The molecule has 0 saturated carbocycles. The van der Waals surface area contributed by atoms with Crippen molar-refractivity contribution < 1.29 is 35.1 Å². The predicted octanol–water partition coefficient (Wildman–Crippen LogP) is 0.902. The first-order chi connectivity index (χ1) is 10.6. The van der Waals surface area contributed by atoms with Crippen molar-refractivity contribution in [2.45, 2.75) is 16.5 Å². The topological polar surface area (TPSA) is 148 Å². The Bertz CT molecular complexity index is 893. The molecular weight excluding hydrogens is 350 g/mol. The normalized spacial score (nSPS) is 13.2. The van der Waals surface area contributed by atoms with Crippen LogP contribution < -0.4 is 0 Å². The van der Waals surface area contributed by atoms with Gasteiger partial charge in [-0.3, -0.25) is 9.11 Å². The standard InChI is InChI=1S/C12H11NO8S2/c14-13(7-9-4-2-1-3-5-9)8-10-6-11(22(15,16)17)12(21-10)23(18,19)20/h1-6,8H,7H2,(H,15,16,17)(H,18,19,20). The first-order valence-electron chi connectivity index (χ1n) is 5.99. The number of hydrogen-bond acceptors (Lipinski definition) is 6. The van der Waals surface area contributed by atoms with Gasteiger partial charge in [-0.2, -0.15) is 16.8 Å². The zero-order valence-corrected chi connectivity index (χ0v) is 13.0. The Hall–Kier alpha value is -2.21. The van der Waals surface area contributed by atoms with E-state index in [-0.39, 0.29) is 6.54 Å². The quantitative estimate of drug-likeness (QED) is 0.262. The van der Waals surface area contributed by atoms with Crippen LogP contribution in [0.25, 0.3) is 0 Å². The van der Waals surface area contributed by atoms with Crippen LogP contribution in [0.3, 0.4) is 0 Å². The predicted molar refractivity (Wildman–Crippen MR) is 77.3 cm³/mol. The Morgan fingerprint density at radius 2 is 1.70 bits per heavy atom. The lowest BCUT2D eigenvalue weighted by molar-refractivity contribution is -0.469. The van der Waals surface area contributed by atoms with E-state index in [0.29, 0.717) is 16.4 Å². The van der Waals surface area contributed by atoms with E-state index in [2.05, 4.69) is 4.42 Å². The van der Waals surface area contributed by atoms with E-state index in [0.717, 1.165) is 6.21 Å². The van der Waals surface area contributed by atoms with Gasteiger partial charge in [0.15, 0.2) is 17.2 Å². The fraction of sp³-hybridized carbons (Fsp3) is 0.0833. The van der Waals surface area contributed by atoms with Crippen molar-refractivity contribution in [1.29, 1.82) is 0 Å². The van der Waals surface area contributed by atoms with Crippen LogP contribution in [0.4, 0.5) is 0 Å². The molecule has 124 valence electrons. The summed E-state index contributed by atoms with van der Waals surface area (Å²) in [6, 6.07) is 9.15. The maximum atomic E-state index is 11.8. The fourth-order valence-electron chi connectivity index (χ4n) is 1.75. The molecule has 1 aromatic carbocycles. The summed E-state index contributed by atoms with van der Waals surface area (Å²) < 4.78 is 67.2. The van der Waals surface area contributed by atoms with Crippen LogP contribution in [0.2, 0.25) is 0 Å². The van der Waals surface area contributed by atoms with Crippen LogP contribution in [0, 0.1) is 5.21 Å². The lowest BCUT2D eigenvalue weighted by Crippen LogP contribution is -2.05. The van der Waals surface area contributed by atoms with Crippen LogP contribution >= 0.6 is 0 Å². The summed E-state index contributed by atoms with van der Waals surface area (Å²) in [6.45, 7) is -0.107. The second kappa shape index (κ2) is 6.12. The number of nitrogens with zero attached hydrogens (tertiary/aromatic N) is 1. The highest BCUT2D eigenvalue weighted by atomic mass is 32.2. The molecule has 0 saturated heterocycles. The highest BCUT2D eigenvalue weighted by molar-refractivity contribution is 7.88. The minimum absolute atomic E-state index is 0.107. The van der Waals surface area contributed by atoms with Gasteiger partial charge in [-0.1, -0.05) is 30.3 Å². The van der Waals surface area contributed by atoms with Crippen molar-refractivity contribution in [3.05, 3.63) is 52.9 Å². The summed E-state index contributed by atoms with van der Waals surface area (Å²) in [5.74, 6) is -0.462. The molecule has 0 radical (unpaired) electrons. The highest BCUT2D eigenvalue weighted by Crippen LogP contribution is 2.24. The van der Waals surface area contributed by atoms with Gasteiger partial charge in [-0.15, -0.1) is 0 Å². The number of hydroxylamine groups is 1. The molecule has 2 rings (SSSR count). The molecule has 2 aromatic rings. The molecule has 0 aliphatic rings. The van der Waals surface area contributed by atoms with Crippen molar-refractivity contribution in [3.63, 3.8) is 0 Å². The minimum Gasteiger partial charge on any atom is -0.623 e. The van der Waals surface area contributed by atoms with Crippen molar-refractivity contribution in [1.82, 2.24) is 0 Å². The van der Waals surface area contributed by atoms with E-state index < -0.39 is 36.0 Å². The van der Waals surface area contributed by atoms with E-state index in [1.807, 2.05) is 0 Å². The molecule has 9 nitrogen and oxygen atoms in total. The molecule has 0 bridgehead atoms. The van der Waals surface area contributed by atoms with Gasteiger partial charge >= 0.3 is 10.1 Å². The summed E-state index contributed by atoms with van der Waals surface area (Å²) in [6.07, 6.45) is 0.788. The third-order valence-corrected chi connectivity index (χ3v) is 4.41. The van der Waals surface area contributed by atoms with Crippen LogP contribution in [0.15, 0.2) is 50.8 Å². The number of furan rings is 1. The Kier molecular flexibility index (Phi) is 4.56. The lowest BCUT2D eigenvalue weighted by Gasteiger charge is -2.02. The van der Waals surface area contributed by atoms with Gasteiger partial charge in [0.05, 0.1) is 0 Å². The minimum atomic E-state index is -5.04. The third kappa shape index (κ3) is 4.39. The zero-order chi connectivity index (χ0) is 17.3. The molecule has 0 fully saturated rings. The first-order valence-corrected chi connectivity index (χ1v) is 8.87. The van der Waals surface area contributed by atoms with E-state index in [1.54, 1.807) is 30.3 Å². The molecule has 0 aliphatic heterocycles. The number of hydrogen-bond donors (Lipinski definition) is 2. The van der Waals surface area contributed by atoms with Gasteiger partial charge < -0.3 is 9.62 Å². The second-order valence-electron chi connectivity index (χ2n) is 4.44. The van der Waals surface area contributed by atoms with Crippen LogP contribution in [0.5, 0.6) is 0 Å². The molecule has 0 amide bonds. The van der Waals surface area contributed by atoms with E-state index in [4.69, 9.17) is 9.11 Å². The van der Waals surface area contributed by atoms with E-state index in [9.17, 15) is 22.0 Å². The monoisotopic (exact) mass is 361 g/mol. The van der Waals surface area contributed by atoms with Crippen molar-refractivity contribution in [2.24, 2.45) is 0 Å². The van der Waals surface area contributed by atoms with Crippen LogP contribution in [0.1, 0.15) is 11.3 Å². The molecule has 11 heteroatoms. The highest BCUT2D eigenvalue weighted by Gasteiger charge is 2.30. The summed E-state index contributed by atoms with van der Waals surface area (Å²) >= 11 is 0. The smallest absolute Gasteiger partial charge is 0.329 e. The van der Waals surface area contributed by atoms with Gasteiger partial charge in [0.2, 0.25) is 6.21 Å². The summed E-state index contributed by atoms with van der Waals surface area (Å²) in [7, 11) is -10.0. The first kappa shape index (κ1) is 17.1.